The van der Waals surface area contributed by atoms with Gasteiger partial charge in [0.2, 0.25) is 5.91 Å². The molecule has 3 heterocycles. The molecule has 0 saturated carbocycles. The summed E-state index contributed by atoms with van der Waals surface area (Å²) in [6.45, 7) is 5.73. The fraction of sp³-hybridized carbons (Fsp3) is 0.343. The standard InChI is InChI=1S/C33H36N2O4S.C2H2O4/c36-29-23-25(11-14-30(29)39-20-18-34-15-3-4-16-34)33-28(27-6-1-2-7-31(27)40-33)22-24-9-12-26(13-10-24)38-21-19-35-17-5-8-32(35)37;3-1(4)2(5)6/h1-2,6-7,9-14,23,36H,3-5,8,15-22H2;(H,3,4)(H,5,6). The van der Waals surface area contributed by atoms with E-state index in [0.717, 1.165) is 55.2 Å². The van der Waals surface area contributed by atoms with Crippen LogP contribution in [0.3, 0.4) is 0 Å². The second-order valence-corrected chi connectivity index (χ2v) is 12.3. The zero-order chi connectivity index (χ0) is 32.5. The molecule has 0 unspecified atom stereocenters. The number of benzene rings is 3. The van der Waals surface area contributed by atoms with Crippen LogP contribution >= 0.6 is 11.3 Å². The van der Waals surface area contributed by atoms with Gasteiger partial charge in [-0.3, -0.25) is 9.69 Å². The number of carbonyl (C=O) groups excluding carboxylic acids is 1. The van der Waals surface area contributed by atoms with Crippen LogP contribution in [0.4, 0.5) is 0 Å². The van der Waals surface area contributed by atoms with Crippen LogP contribution < -0.4 is 9.47 Å². The van der Waals surface area contributed by atoms with E-state index in [2.05, 4.69) is 47.4 Å². The third-order valence-corrected chi connectivity index (χ3v) is 9.33. The van der Waals surface area contributed by atoms with Crippen LogP contribution in [0.5, 0.6) is 17.2 Å². The molecule has 3 aromatic carbocycles. The van der Waals surface area contributed by atoms with Crippen LogP contribution in [-0.2, 0) is 20.8 Å². The van der Waals surface area contributed by atoms with Gasteiger partial charge in [-0.25, -0.2) is 9.59 Å². The van der Waals surface area contributed by atoms with E-state index in [-0.39, 0.29) is 11.7 Å². The van der Waals surface area contributed by atoms with E-state index >= 15 is 0 Å². The highest BCUT2D eigenvalue weighted by Crippen LogP contribution is 2.42. The van der Waals surface area contributed by atoms with Crippen LogP contribution in [0.2, 0.25) is 0 Å². The molecule has 0 atom stereocenters. The minimum atomic E-state index is -1.82. The summed E-state index contributed by atoms with van der Waals surface area (Å²) in [5.41, 5.74) is 3.44. The molecule has 3 N–H and O–H groups in total. The number of ether oxygens (including phenoxy) is 2. The molecule has 0 aliphatic carbocycles. The maximum atomic E-state index is 11.8. The number of amides is 1. The maximum absolute atomic E-state index is 11.8. The minimum Gasteiger partial charge on any atom is -0.504 e. The van der Waals surface area contributed by atoms with E-state index < -0.39 is 11.9 Å². The molecule has 11 heteroatoms. The lowest BCUT2D eigenvalue weighted by Crippen LogP contribution is -2.29. The van der Waals surface area contributed by atoms with Gasteiger partial charge in [0.25, 0.3) is 0 Å². The van der Waals surface area contributed by atoms with Crippen molar-refractivity contribution in [3.63, 3.8) is 0 Å². The van der Waals surface area contributed by atoms with E-state index in [4.69, 9.17) is 29.3 Å². The highest BCUT2D eigenvalue weighted by Gasteiger charge is 2.20. The Bertz CT molecular complexity index is 1650. The van der Waals surface area contributed by atoms with E-state index in [1.165, 1.54) is 34.1 Å². The predicted octanol–water partition coefficient (Wildman–Crippen LogP) is 5.50. The Balaban J connectivity index is 0.000000635. The number of aromatic hydroxyl groups is 1. The number of hydrogen-bond acceptors (Lipinski definition) is 8. The van der Waals surface area contributed by atoms with Crippen molar-refractivity contribution in [1.82, 2.24) is 9.80 Å². The lowest BCUT2D eigenvalue weighted by Gasteiger charge is -2.16. The molecule has 2 aliphatic rings. The Morgan fingerprint density at radius 1 is 0.826 bits per heavy atom. The van der Waals surface area contributed by atoms with Crippen molar-refractivity contribution in [3.05, 3.63) is 77.9 Å². The monoisotopic (exact) mass is 646 g/mol. The molecular formula is C35H38N2O8S. The number of likely N-dealkylation sites (tertiary alicyclic amines) is 2. The SMILES string of the molecule is O=C(O)C(=O)O.O=C1CCCN1CCOc1ccc(Cc2c(-c3ccc(OCCN4CCCC4)c(O)c3)sc3ccccc23)cc1. The van der Waals surface area contributed by atoms with Gasteiger partial charge in [-0.1, -0.05) is 30.3 Å². The second-order valence-electron chi connectivity index (χ2n) is 11.2. The summed E-state index contributed by atoms with van der Waals surface area (Å²) in [4.78, 5) is 35.5. The first-order chi connectivity index (χ1) is 22.3. The molecule has 242 valence electrons. The largest absolute Gasteiger partial charge is 0.504 e. The van der Waals surface area contributed by atoms with E-state index in [1.807, 2.05) is 29.2 Å². The molecule has 10 nitrogen and oxygen atoms in total. The van der Waals surface area contributed by atoms with Gasteiger partial charge in [-0.2, -0.15) is 0 Å². The zero-order valence-electron chi connectivity index (χ0n) is 25.5. The zero-order valence-corrected chi connectivity index (χ0v) is 26.3. The molecular weight excluding hydrogens is 608 g/mol. The molecule has 0 spiro atoms. The number of hydrogen-bond donors (Lipinski definition) is 3. The highest BCUT2D eigenvalue weighted by atomic mass is 32.1. The molecule has 46 heavy (non-hydrogen) atoms. The molecule has 6 rings (SSSR count). The summed E-state index contributed by atoms with van der Waals surface area (Å²) in [5.74, 6) is -1.89. The Labute approximate surface area is 271 Å². The summed E-state index contributed by atoms with van der Waals surface area (Å²) in [6, 6.07) is 22.5. The summed E-state index contributed by atoms with van der Waals surface area (Å²) in [5, 5.41) is 26.8. The van der Waals surface area contributed by atoms with E-state index in [0.29, 0.717) is 31.9 Å². The number of carboxylic acids is 2. The Kier molecular flexibility index (Phi) is 11.1. The Morgan fingerprint density at radius 3 is 2.22 bits per heavy atom. The Morgan fingerprint density at radius 2 is 1.54 bits per heavy atom. The van der Waals surface area contributed by atoms with Gasteiger partial charge in [0.05, 0.1) is 6.54 Å². The van der Waals surface area contributed by atoms with Crippen molar-refractivity contribution in [2.45, 2.75) is 32.1 Å². The van der Waals surface area contributed by atoms with Gasteiger partial charge in [-0.05, 0) is 97.2 Å². The van der Waals surface area contributed by atoms with Crippen LogP contribution in [0.25, 0.3) is 20.5 Å². The molecule has 2 saturated heterocycles. The fourth-order valence-corrected chi connectivity index (χ4v) is 6.92. The predicted molar refractivity (Wildman–Crippen MR) is 176 cm³/mol. The van der Waals surface area contributed by atoms with Crippen LogP contribution in [0.15, 0.2) is 66.7 Å². The van der Waals surface area contributed by atoms with Gasteiger partial charge in [0.1, 0.15) is 19.0 Å². The van der Waals surface area contributed by atoms with Crippen LogP contribution in [0.1, 0.15) is 36.8 Å². The molecule has 0 radical (unpaired) electrons. The number of fused-ring (bicyclic) bond motifs is 1. The van der Waals surface area contributed by atoms with E-state index in [9.17, 15) is 9.90 Å². The van der Waals surface area contributed by atoms with E-state index in [1.54, 1.807) is 11.3 Å². The smallest absolute Gasteiger partial charge is 0.414 e. The first-order valence-electron chi connectivity index (χ1n) is 15.4. The molecule has 2 fully saturated rings. The molecule has 0 bridgehead atoms. The van der Waals surface area contributed by atoms with Gasteiger partial charge in [0, 0.05) is 29.1 Å². The number of nitrogens with zero attached hydrogens (tertiary/aromatic N) is 2. The second kappa shape index (κ2) is 15.6. The average molecular weight is 647 g/mol. The molecule has 4 aromatic rings. The van der Waals surface area contributed by atoms with Gasteiger partial charge in [0.15, 0.2) is 11.5 Å². The van der Waals surface area contributed by atoms with Crippen LogP contribution in [-0.4, -0.2) is 88.9 Å². The van der Waals surface area contributed by atoms with Gasteiger partial charge < -0.3 is 29.7 Å². The number of rotatable bonds is 11. The van der Waals surface area contributed by atoms with Crippen molar-refractivity contribution < 1.29 is 39.2 Å². The summed E-state index contributed by atoms with van der Waals surface area (Å²) in [7, 11) is 0. The topological polar surface area (TPSA) is 137 Å². The lowest BCUT2D eigenvalue weighted by molar-refractivity contribution is -0.159. The third kappa shape index (κ3) is 8.55. The van der Waals surface area contributed by atoms with Crippen molar-refractivity contribution in [2.75, 3.05) is 45.9 Å². The van der Waals surface area contributed by atoms with Crippen molar-refractivity contribution in [1.29, 1.82) is 0 Å². The van der Waals surface area contributed by atoms with Gasteiger partial charge in [-0.15, -0.1) is 11.3 Å². The third-order valence-electron chi connectivity index (χ3n) is 8.07. The lowest BCUT2D eigenvalue weighted by atomic mass is 9.98. The van der Waals surface area contributed by atoms with Gasteiger partial charge >= 0.3 is 11.9 Å². The average Bonchev–Trinajstić information content (AvgIpc) is 3.80. The Hall–Kier alpha value is -4.61. The first-order valence-corrected chi connectivity index (χ1v) is 16.2. The summed E-state index contributed by atoms with van der Waals surface area (Å²) >= 11 is 1.76. The molecule has 2 aliphatic heterocycles. The number of phenolic OH excluding ortho intramolecular Hbond substituents is 1. The molecule has 1 aromatic heterocycles. The van der Waals surface area contributed by atoms with Crippen molar-refractivity contribution in [3.8, 4) is 27.7 Å². The first kappa shape index (κ1) is 32.8. The molecule has 1 amide bonds. The van der Waals surface area contributed by atoms with Crippen LogP contribution in [0, 0.1) is 0 Å². The number of thiophene rings is 1. The maximum Gasteiger partial charge on any atom is 0.414 e. The number of carboxylic acid groups (broad SMARTS) is 2. The van der Waals surface area contributed by atoms with Crippen molar-refractivity contribution in [2.24, 2.45) is 0 Å². The van der Waals surface area contributed by atoms with Crippen molar-refractivity contribution >= 4 is 39.3 Å². The number of carbonyl (C=O) groups is 3. The number of aliphatic carboxylic acids is 2. The fourth-order valence-electron chi connectivity index (χ4n) is 5.70. The summed E-state index contributed by atoms with van der Waals surface area (Å²) in [6.07, 6.45) is 4.90. The number of phenols is 1. The summed E-state index contributed by atoms with van der Waals surface area (Å²) < 4.78 is 13.1. The quantitative estimate of drug-likeness (QED) is 0.181. The minimum absolute atomic E-state index is 0.180. The highest BCUT2D eigenvalue weighted by molar-refractivity contribution is 7.22. The normalized spacial score (nSPS) is 14.7.